The molecule has 0 aliphatic heterocycles. The zero-order valence-corrected chi connectivity index (χ0v) is 9.60. The molecule has 1 aromatic carbocycles. The van der Waals surface area contributed by atoms with Crippen LogP contribution in [0.1, 0.15) is 18.1 Å². The minimum Gasteiger partial charge on any atom is -0.466 e. The first-order valence-electron chi connectivity index (χ1n) is 4.75. The second-order valence-corrected chi connectivity index (χ2v) is 3.65. The number of ether oxygens (including phenoxy) is 1. The molecule has 1 aromatic rings. The number of halogens is 1. The van der Waals surface area contributed by atoms with Crippen molar-refractivity contribution in [2.75, 3.05) is 12.3 Å². The van der Waals surface area contributed by atoms with Crippen LogP contribution in [0.5, 0.6) is 0 Å². The van der Waals surface area contributed by atoms with Gasteiger partial charge < -0.3 is 10.5 Å². The van der Waals surface area contributed by atoms with Crippen LogP contribution in [-0.4, -0.2) is 12.6 Å². The number of nitrogens with two attached hydrogens (primary N) is 1. The molecule has 0 atom stereocenters. The van der Waals surface area contributed by atoms with Crippen LogP contribution in [0.2, 0.25) is 5.02 Å². The molecule has 0 aliphatic rings. The van der Waals surface area contributed by atoms with Crippen molar-refractivity contribution in [2.45, 2.75) is 20.3 Å². The summed E-state index contributed by atoms with van der Waals surface area (Å²) >= 11 is 5.96. The Bertz CT molecular complexity index is 377. The third kappa shape index (κ3) is 2.86. The molecule has 0 saturated carbocycles. The Morgan fingerprint density at radius 1 is 1.53 bits per heavy atom. The molecule has 3 nitrogen and oxygen atoms in total. The summed E-state index contributed by atoms with van der Waals surface area (Å²) in [6, 6.07) is 3.56. The number of rotatable bonds is 3. The smallest absolute Gasteiger partial charge is 0.310 e. The zero-order valence-electron chi connectivity index (χ0n) is 8.84. The first kappa shape index (κ1) is 11.9. The van der Waals surface area contributed by atoms with E-state index in [0.717, 1.165) is 5.56 Å². The van der Waals surface area contributed by atoms with Crippen molar-refractivity contribution < 1.29 is 9.53 Å². The van der Waals surface area contributed by atoms with Crippen LogP contribution in [0, 0.1) is 6.92 Å². The molecule has 15 heavy (non-hydrogen) atoms. The number of anilines is 1. The molecule has 0 bridgehead atoms. The van der Waals surface area contributed by atoms with Crippen molar-refractivity contribution in [3.8, 4) is 0 Å². The van der Waals surface area contributed by atoms with Gasteiger partial charge >= 0.3 is 5.97 Å². The fourth-order valence-corrected chi connectivity index (χ4v) is 1.52. The van der Waals surface area contributed by atoms with E-state index in [9.17, 15) is 4.79 Å². The number of esters is 1. The molecule has 0 aliphatic carbocycles. The minimum atomic E-state index is -0.309. The van der Waals surface area contributed by atoms with E-state index in [1.54, 1.807) is 13.0 Å². The van der Waals surface area contributed by atoms with Crippen molar-refractivity contribution in [3.63, 3.8) is 0 Å². The molecule has 0 aromatic heterocycles. The summed E-state index contributed by atoms with van der Waals surface area (Å²) in [7, 11) is 0. The van der Waals surface area contributed by atoms with Gasteiger partial charge in [-0.1, -0.05) is 17.7 Å². The second-order valence-electron chi connectivity index (χ2n) is 3.24. The highest BCUT2D eigenvalue weighted by Crippen LogP contribution is 2.26. The molecule has 0 fully saturated rings. The van der Waals surface area contributed by atoms with E-state index in [0.29, 0.717) is 22.9 Å². The molecule has 4 heteroatoms. The van der Waals surface area contributed by atoms with E-state index >= 15 is 0 Å². The standard InChI is InChI=1S/C11H14ClNO2/c1-3-15-10(14)6-8-9(12)5-4-7(2)11(8)13/h4-5H,3,6,13H2,1-2H3. The van der Waals surface area contributed by atoms with Gasteiger partial charge in [-0.25, -0.2) is 0 Å². The summed E-state index contributed by atoms with van der Waals surface area (Å²) in [6.45, 7) is 4.00. The van der Waals surface area contributed by atoms with Crippen LogP contribution in [0.25, 0.3) is 0 Å². The highest BCUT2D eigenvalue weighted by Gasteiger charge is 2.12. The summed E-state index contributed by atoms with van der Waals surface area (Å²) in [5.74, 6) is -0.309. The van der Waals surface area contributed by atoms with Crippen molar-refractivity contribution in [2.24, 2.45) is 0 Å². The lowest BCUT2D eigenvalue weighted by Gasteiger charge is -2.09. The van der Waals surface area contributed by atoms with Gasteiger partial charge in [0.05, 0.1) is 13.0 Å². The summed E-state index contributed by atoms with van der Waals surface area (Å²) in [5.41, 5.74) is 7.96. The van der Waals surface area contributed by atoms with Gasteiger partial charge in [0, 0.05) is 16.3 Å². The first-order chi connectivity index (χ1) is 7.06. The van der Waals surface area contributed by atoms with Crippen LogP contribution >= 0.6 is 11.6 Å². The predicted octanol–water partition coefficient (Wildman–Crippen LogP) is 2.34. The molecular weight excluding hydrogens is 214 g/mol. The van der Waals surface area contributed by atoms with E-state index in [2.05, 4.69) is 0 Å². The van der Waals surface area contributed by atoms with Crippen molar-refractivity contribution in [1.82, 2.24) is 0 Å². The Kier molecular flexibility index (Phi) is 3.97. The van der Waals surface area contributed by atoms with E-state index in [1.165, 1.54) is 0 Å². The second kappa shape index (κ2) is 5.03. The molecule has 0 unspecified atom stereocenters. The van der Waals surface area contributed by atoms with Gasteiger partial charge in [-0.2, -0.15) is 0 Å². The minimum absolute atomic E-state index is 0.125. The summed E-state index contributed by atoms with van der Waals surface area (Å²) in [4.78, 5) is 11.3. The van der Waals surface area contributed by atoms with E-state index in [-0.39, 0.29) is 12.4 Å². The average Bonchev–Trinajstić information content (AvgIpc) is 2.19. The van der Waals surface area contributed by atoms with Crippen molar-refractivity contribution in [1.29, 1.82) is 0 Å². The maximum Gasteiger partial charge on any atom is 0.310 e. The topological polar surface area (TPSA) is 52.3 Å². The third-order valence-electron chi connectivity index (χ3n) is 2.14. The number of benzene rings is 1. The number of aryl methyl sites for hydroxylation is 1. The Morgan fingerprint density at radius 3 is 2.80 bits per heavy atom. The lowest BCUT2D eigenvalue weighted by molar-refractivity contribution is -0.142. The molecule has 0 amide bonds. The lowest BCUT2D eigenvalue weighted by atomic mass is 10.1. The maximum atomic E-state index is 11.3. The van der Waals surface area contributed by atoms with Crippen LogP contribution in [-0.2, 0) is 16.0 Å². The summed E-state index contributed by atoms with van der Waals surface area (Å²) in [5, 5.41) is 0.506. The molecule has 0 saturated heterocycles. The average molecular weight is 228 g/mol. The molecule has 82 valence electrons. The first-order valence-corrected chi connectivity index (χ1v) is 5.13. The van der Waals surface area contributed by atoms with Gasteiger partial charge in [0.1, 0.15) is 0 Å². The zero-order chi connectivity index (χ0) is 11.4. The molecular formula is C11H14ClNO2. The van der Waals surface area contributed by atoms with Crippen LogP contribution < -0.4 is 5.73 Å². The highest BCUT2D eigenvalue weighted by atomic mass is 35.5. The highest BCUT2D eigenvalue weighted by molar-refractivity contribution is 6.32. The van der Waals surface area contributed by atoms with Crippen molar-refractivity contribution in [3.05, 3.63) is 28.3 Å². The molecule has 0 heterocycles. The van der Waals surface area contributed by atoms with Gasteiger partial charge in [0.2, 0.25) is 0 Å². The predicted molar refractivity (Wildman–Crippen MR) is 60.9 cm³/mol. The van der Waals surface area contributed by atoms with Gasteiger partial charge in [0.15, 0.2) is 0 Å². The Morgan fingerprint density at radius 2 is 2.20 bits per heavy atom. The maximum absolute atomic E-state index is 11.3. The summed E-state index contributed by atoms with van der Waals surface area (Å²) < 4.78 is 4.84. The quantitative estimate of drug-likeness (QED) is 0.637. The molecule has 1 rings (SSSR count). The largest absolute Gasteiger partial charge is 0.466 e. The number of hydrogen-bond donors (Lipinski definition) is 1. The fraction of sp³-hybridized carbons (Fsp3) is 0.364. The number of nitrogen functional groups attached to an aromatic ring is 1. The number of hydrogen-bond acceptors (Lipinski definition) is 3. The molecule has 0 spiro atoms. The molecule has 0 radical (unpaired) electrons. The van der Waals surface area contributed by atoms with Crippen LogP contribution in [0.3, 0.4) is 0 Å². The normalized spacial score (nSPS) is 10.1. The third-order valence-corrected chi connectivity index (χ3v) is 2.50. The van der Waals surface area contributed by atoms with E-state index in [4.69, 9.17) is 22.1 Å². The summed E-state index contributed by atoms with van der Waals surface area (Å²) in [6.07, 6.45) is 0.125. The number of carbonyl (C=O) groups excluding carboxylic acids is 1. The van der Waals surface area contributed by atoms with E-state index in [1.807, 2.05) is 13.0 Å². The van der Waals surface area contributed by atoms with Gasteiger partial charge in [-0.05, 0) is 25.5 Å². The monoisotopic (exact) mass is 227 g/mol. The van der Waals surface area contributed by atoms with E-state index < -0.39 is 0 Å². The Balaban J connectivity index is 2.93. The van der Waals surface area contributed by atoms with Gasteiger partial charge in [0.25, 0.3) is 0 Å². The van der Waals surface area contributed by atoms with Crippen molar-refractivity contribution >= 4 is 23.3 Å². The Hall–Kier alpha value is -1.22. The SMILES string of the molecule is CCOC(=O)Cc1c(Cl)ccc(C)c1N. The molecule has 2 N–H and O–H groups in total. The van der Waals surface area contributed by atoms with Gasteiger partial charge in [-0.3, -0.25) is 4.79 Å². The van der Waals surface area contributed by atoms with Crippen LogP contribution in [0.15, 0.2) is 12.1 Å². The lowest BCUT2D eigenvalue weighted by Crippen LogP contribution is -2.10. The fourth-order valence-electron chi connectivity index (χ4n) is 1.29. The van der Waals surface area contributed by atoms with Gasteiger partial charge in [-0.15, -0.1) is 0 Å². The Labute approximate surface area is 94.2 Å². The van der Waals surface area contributed by atoms with Crippen LogP contribution in [0.4, 0.5) is 5.69 Å². The number of carbonyl (C=O) groups is 1.